The molecule has 0 aromatic carbocycles. The van der Waals surface area contributed by atoms with Crippen LogP contribution in [0.1, 0.15) is 33.6 Å². The van der Waals surface area contributed by atoms with Crippen molar-refractivity contribution in [3.8, 4) is 0 Å². The summed E-state index contributed by atoms with van der Waals surface area (Å²) in [5.41, 5.74) is 5.10. The lowest BCUT2D eigenvalue weighted by Crippen LogP contribution is -2.55. The van der Waals surface area contributed by atoms with Crippen LogP contribution in [0.2, 0.25) is 0 Å². The summed E-state index contributed by atoms with van der Waals surface area (Å²) in [6.45, 7) is 5.29. The summed E-state index contributed by atoms with van der Waals surface area (Å²) < 4.78 is 5.09. The second-order valence-electron chi connectivity index (χ2n) is 5.52. The Kier molecular flexibility index (Phi) is 4.35. The summed E-state index contributed by atoms with van der Waals surface area (Å²) in [6, 6.07) is -0.901. The third-order valence-corrected chi connectivity index (χ3v) is 2.67. The van der Waals surface area contributed by atoms with Gasteiger partial charge in [0.2, 0.25) is 0 Å². The van der Waals surface area contributed by atoms with Crippen LogP contribution in [-0.2, 0) is 4.74 Å². The Bertz CT molecular complexity index is 277. The van der Waals surface area contributed by atoms with Gasteiger partial charge in [-0.2, -0.15) is 0 Å². The maximum atomic E-state index is 11.5. The molecular weight excluding hydrogens is 224 g/mol. The van der Waals surface area contributed by atoms with Crippen molar-refractivity contribution in [3.05, 3.63) is 0 Å². The van der Waals surface area contributed by atoms with Crippen LogP contribution >= 0.6 is 0 Å². The van der Waals surface area contributed by atoms with Crippen LogP contribution in [0.5, 0.6) is 0 Å². The van der Waals surface area contributed by atoms with Crippen molar-refractivity contribution in [3.63, 3.8) is 0 Å². The van der Waals surface area contributed by atoms with Crippen molar-refractivity contribution in [2.75, 3.05) is 0 Å². The molecular formula is C11H22N2O4. The first kappa shape index (κ1) is 14.2. The number of nitrogens with one attached hydrogen (secondary N) is 1. The molecule has 6 nitrogen and oxygen atoms in total. The van der Waals surface area contributed by atoms with E-state index in [1.807, 2.05) is 0 Å². The van der Waals surface area contributed by atoms with Crippen LogP contribution < -0.4 is 11.1 Å². The maximum absolute atomic E-state index is 11.5. The number of hydrogen-bond acceptors (Lipinski definition) is 5. The first-order valence-corrected chi connectivity index (χ1v) is 5.80. The molecule has 6 heteroatoms. The predicted molar refractivity (Wildman–Crippen MR) is 62.4 cm³/mol. The smallest absolute Gasteiger partial charge is 0.407 e. The van der Waals surface area contributed by atoms with Gasteiger partial charge in [-0.3, -0.25) is 0 Å². The van der Waals surface area contributed by atoms with Gasteiger partial charge in [-0.05, 0) is 27.2 Å². The largest absolute Gasteiger partial charge is 0.444 e. The molecule has 1 aliphatic carbocycles. The summed E-state index contributed by atoms with van der Waals surface area (Å²) in [7, 11) is 0. The van der Waals surface area contributed by atoms with Gasteiger partial charge < -0.3 is 26.0 Å². The fraction of sp³-hybridized carbons (Fsp3) is 0.909. The SMILES string of the molecule is CC(C)(C)OC(=O)N[C@@H]1C[C@H](N)[C@@H](O)C[C@H]1O. The van der Waals surface area contributed by atoms with E-state index >= 15 is 0 Å². The zero-order valence-electron chi connectivity index (χ0n) is 10.5. The van der Waals surface area contributed by atoms with Crippen molar-refractivity contribution in [2.45, 2.75) is 63.5 Å². The molecule has 1 rings (SSSR count). The summed E-state index contributed by atoms with van der Waals surface area (Å²) in [5, 5.41) is 21.7. The molecule has 5 N–H and O–H groups in total. The molecule has 17 heavy (non-hydrogen) atoms. The second kappa shape index (κ2) is 5.20. The third-order valence-electron chi connectivity index (χ3n) is 2.67. The summed E-state index contributed by atoms with van der Waals surface area (Å²) in [6.07, 6.45) is -1.59. The van der Waals surface area contributed by atoms with Crippen LogP contribution in [0.25, 0.3) is 0 Å². The van der Waals surface area contributed by atoms with Crippen molar-refractivity contribution < 1.29 is 19.7 Å². The van der Waals surface area contributed by atoms with Gasteiger partial charge in [-0.1, -0.05) is 0 Å². The number of carbonyl (C=O) groups is 1. The van der Waals surface area contributed by atoms with E-state index in [2.05, 4.69) is 5.32 Å². The fourth-order valence-electron chi connectivity index (χ4n) is 1.81. The van der Waals surface area contributed by atoms with E-state index in [4.69, 9.17) is 10.5 Å². The molecule has 0 aromatic heterocycles. The Balaban J connectivity index is 2.48. The number of amides is 1. The third kappa shape index (κ3) is 4.49. The molecule has 1 saturated carbocycles. The highest BCUT2D eigenvalue weighted by Gasteiger charge is 2.35. The van der Waals surface area contributed by atoms with Crippen molar-refractivity contribution in [1.82, 2.24) is 5.32 Å². The van der Waals surface area contributed by atoms with Crippen molar-refractivity contribution in [1.29, 1.82) is 0 Å². The minimum absolute atomic E-state index is 0.168. The first-order chi connectivity index (χ1) is 7.69. The predicted octanol–water partition coefficient (Wildman–Crippen LogP) is -0.277. The molecule has 0 aliphatic heterocycles. The van der Waals surface area contributed by atoms with Crippen LogP contribution in [0.3, 0.4) is 0 Å². The van der Waals surface area contributed by atoms with Gasteiger partial charge in [0.25, 0.3) is 0 Å². The number of aliphatic hydroxyl groups excluding tert-OH is 2. The van der Waals surface area contributed by atoms with Gasteiger partial charge in [0.1, 0.15) is 5.60 Å². The Morgan fingerprint density at radius 3 is 2.41 bits per heavy atom. The second-order valence-corrected chi connectivity index (χ2v) is 5.52. The lowest BCUT2D eigenvalue weighted by atomic mass is 9.87. The summed E-state index contributed by atoms with van der Waals surface area (Å²) in [4.78, 5) is 11.5. The molecule has 1 fully saturated rings. The van der Waals surface area contributed by atoms with Gasteiger partial charge in [-0.25, -0.2) is 4.79 Å². The van der Waals surface area contributed by atoms with Crippen molar-refractivity contribution in [2.24, 2.45) is 5.73 Å². The number of hydrogen-bond donors (Lipinski definition) is 4. The Morgan fingerprint density at radius 2 is 1.88 bits per heavy atom. The van der Waals surface area contributed by atoms with E-state index in [-0.39, 0.29) is 6.42 Å². The maximum Gasteiger partial charge on any atom is 0.407 e. The minimum atomic E-state index is -0.794. The number of nitrogens with two attached hydrogens (primary N) is 1. The van der Waals surface area contributed by atoms with Gasteiger partial charge >= 0.3 is 6.09 Å². The lowest BCUT2D eigenvalue weighted by molar-refractivity contribution is -0.00293. The normalized spacial score (nSPS) is 34.2. The van der Waals surface area contributed by atoms with Gasteiger partial charge in [-0.15, -0.1) is 0 Å². The van der Waals surface area contributed by atoms with E-state index in [1.165, 1.54) is 0 Å². The minimum Gasteiger partial charge on any atom is -0.444 e. The first-order valence-electron chi connectivity index (χ1n) is 5.80. The molecule has 4 atom stereocenters. The highest BCUT2D eigenvalue weighted by Crippen LogP contribution is 2.19. The van der Waals surface area contributed by atoms with Gasteiger partial charge in [0.05, 0.1) is 18.2 Å². The van der Waals surface area contributed by atoms with E-state index < -0.39 is 36.0 Å². The average molecular weight is 246 g/mol. The van der Waals surface area contributed by atoms with E-state index in [9.17, 15) is 15.0 Å². The molecule has 1 aliphatic rings. The molecule has 0 heterocycles. The summed E-state index contributed by atoms with van der Waals surface area (Å²) in [5.74, 6) is 0. The zero-order valence-corrected chi connectivity index (χ0v) is 10.5. The molecule has 1 amide bonds. The Hall–Kier alpha value is -0.850. The van der Waals surface area contributed by atoms with Crippen LogP contribution in [0, 0.1) is 0 Å². The quantitative estimate of drug-likeness (QED) is 0.509. The molecule has 0 aromatic rings. The average Bonchev–Trinajstić information content (AvgIpc) is 2.11. The summed E-state index contributed by atoms with van der Waals surface area (Å²) >= 11 is 0. The zero-order chi connectivity index (χ0) is 13.2. The monoisotopic (exact) mass is 246 g/mol. The van der Waals surface area contributed by atoms with Crippen LogP contribution in [0.15, 0.2) is 0 Å². The number of alkyl carbamates (subject to hydrolysis) is 1. The standard InChI is InChI=1S/C11H22N2O4/c1-11(2,3)17-10(16)13-7-4-6(12)8(14)5-9(7)15/h6-9,14-15H,4-5,12H2,1-3H3,(H,13,16)/t6-,7+,8-,9+/m0/s1. The van der Waals surface area contributed by atoms with E-state index in [1.54, 1.807) is 20.8 Å². The molecule has 0 radical (unpaired) electrons. The molecule has 0 saturated heterocycles. The topological polar surface area (TPSA) is 105 Å². The molecule has 0 spiro atoms. The Morgan fingerprint density at radius 1 is 1.29 bits per heavy atom. The lowest BCUT2D eigenvalue weighted by Gasteiger charge is -2.35. The van der Waals surface area contributed by atoms with Gasteiger partial charge in [0.15, 0.2) is 0 Å². The van der Waals surface area contributed by atoms with Crippen LogP contribution in [-0.4, -0.2) is 46.2 Å². The number of rotatable bonds is 1. The number of carbonyl (C=O) groups excluding carboxylic acids is 1. The molecule has 100 valence electrons. The van der Waals surface area contributed by atoms with Crippen molar-refractivity contribution >= 4 is 6.09 Å². The fourth-order valence-corrected chi connectivity index (χ4v) is 1.81. The number of ether oxygens (including phenoxy) is 1. The molecule has 0 unspecified atom stereocenters. The number of aliphatic hydroxyl groups is 2. The van der Waals surface area contributed by atoms with E-state index in [0.717, 1.165) is 0 Å². The Labute approximate surface area is 101 Å². The highest BCUT2D eigenvalue weighted by atomic mass is 16.6. The van der Waals surface area contributed by atoms with Crippen LogP contribution in [0.4, 0.5) is 4.79 Å². The van der Waals surface area contributed by atoms with E-state index in [0.29, 0.717) is 6.42 Å². The molecule has 0 bridgehead atoms. The highest BCUT2D eigenvalue weighted by molar-refractivity contribution is 5.68. The van der Waals surface area contributed by atoms with Gasteiger partial charge in [0, 0.05) is 12.5 Å².